The molecule has 1 heterocycles. The van der Waals surface area contributed by atoms with Gasteiger partial charge in [0.2, 0.25) is 0 Å². The van der Waals surface area contributed by atoms with Gasteiger partial charge in [-0.15, -0.1) is 0 Å². The minimum Gasteiger partial charge on any atom is -0.264 e. The summed E-state index contributed by atoms with van der Waals surface area (Å²) in [5.41, 5.74) is 0.973. The predicted octanol–water partition coefficient (Wildman–Crippen LogP) is 2.79. The molecule has 0 spiro atoms. The van der Waals surface area contributed by atoms with Crippen LogP contribution in [0.3, 0.4) is 0 Å². The van der Waals surface area contributed by atoms with Gasteiger partial charge < -0.3 is 0 Å². The van der Waals surface area contributed by atoms with Gasteiger partial charge in [0.15, 0.2) is 0 Å². The van der Waals surface area contributed by atoms with Gasteiger partial charge in [-0.25, -0.2) is 0 Å². The largest absolute Gasteiger partial charge is 0.264 e. The van der Waals surface area contributed by atoms with Crippen LogP contribution >= 0.6 is 0 Å². The van der Waals surface area contributed by atoms with Crippen LogP contribution in [0.15, 0.2) is 36.7 Å². The maximum absolute atomic E-state index is 9.12. The average Bonchev–Trinajstić information content (AvgIpc) is 3.09. The SMILES string of the molecule is N#CC1(c2ccc3cnccc3c2)CC1. The lowest BCUT2D eigenvalue weighted by Gasteiger charge is -2.06. The Morgan fingerprint density at radius 1 is 1.20 bits per heavy atom. The van der Waals surface area contributed by atoms with Crippen LogP contribution in [0.2, 0.25) is 0 Å². The summed E-state index contributed by atoms with van der Waals surface area (Å²) >= 11 is 0. The van der Waals surface area contributed by atoms with E-state index in [0.29, 0.717) is 0 Å². The molecule has 2 aromatic rings. The number of benzene rings is 1. The maximum atomic E-state index is 9.12. The van der Waals surface area contributed by atoms with E-state index in [2.05, 4.69) is 29.3 Å². The van der Waals surface area contributed by atoms with Crippen molar-refractivity contribution in [2.45, 2.75) is 18.3 Å². The van der Waals surface area contributed by atoms with Crippen molar-refractivity contribution in [3.63, 3.8) is 0 Å². The first-order valence-corrected chi connectivity index (χ1v) is 5.10. The molecule has 0 N–H and O–H groups in total. The standard InChI is InChI=1S/C13H10N2/c14-9-13(4-5-13)12-2-1-11-8-15-6-3-10(11)7-12/h1-3,6-8H,4-5H2. The van der Waals surface area contributed by atoms with Crippen LogP contribution in [-0.2, 0) is 5.41 Å². The molecule has 0 saturated heterocycles. The van der Waals surface area contributed by atoms with Crippen molar-refractivity contribution in [1.82, 2.24) is 4.98 Å². The molecule has 1 aliphatic carbocycles. The molecular formula is C13H10N2. The summed E-state index contributed by atoms with van der Waals surface area (Å²) in [5.74, 6) is 0. The lowest BCUT2D eigenvalue weighted by Crippen LogP contribution is -2.01. The van der Waals surface area contributed by atoms with Crippen LogP contribution in [0.25, 0.3) is 10.8 Å². The highest BCUT2D eigenvalue weighted by atomic mass is 14.6. The fourth-order valence-electron chi connectivity index (χ4n) is 1.97. The van der Waals surface area contributed by atoms with Gasteiger partial charge in [0.1, 0.15) is 0 Å². The second kappa shape index (κ2) is 2.80. The lowest BCUT2D eigenvalue weighted by molar-refractivity contribution is 0.911. The molecule has 72 valence electrons. The Hall–Kier alpha value is -1.88. The van der Waals surface area contributed by atoms with E-state index in [-0.39, 0.29) is 5.41 Å². The first kappa shape index (κ1) is 8.43. The number of pyridine rings is 1. The monoisotopic (exact) mass is 194 g/mol. The first-order chi connectivity index (χ1) is 7.34. The molecule has 3 rings (SSSR count). The van der Waals surface area contributed by atoms with Gasteiger partial charge in [-0.2, -0.15) is 5.26 Å². The van der Waals surface area contributed by atoms with E-state index in [1.165, 1.54) is 5.39 Å². The van der Waals surface area contributed by atoms with Crippen LogP contribution in [0, 0.1) is 11.3 Å². The summed E-state index contributed by atoms with van der Waals surface area (Å²) in [6.45, 7) is 0. The summed E-state index contributed by atoms with van der Waals surface area (Å²) in [6.07, 6.45) is 5.64. The predicted molar refractivity (Wildman–Crippen MR) is 58.3 cm³/mol. The molecule has 1 aliphatic rings. The molecule has 1 aromatic heterocycles. The van der Waals surface area contributed by atoms with Crippen molar-refractivity contribution in [3.05, 3.63) is 42.2 Å². The number of fused-ring (bicyclic) bond motifs is 1. The molecule has 0 bridgehead atoms. The molecule has 0 amide bonds. The van der Waals surface area contributed by atoms with Crippen molar-refractivity contribution in [3.8, 4) is 6.07 Å². The Kier molecular flexibility index (Phi) is 1.58. The topological polar surface area (TPSA) is 36.7 Å². The molecule has 15 heavy (non-hydrogen) atoms. The van der Waals surface area contributed by atoms with Gasteiger partial charge in [-0.3, -0.25) is 4.98 Å². The van der Waals surface area contributed by atoms with E-state index in [1.54, 1.807) is 6.20 Å². The van der Waals surface area contributed by atoms with E-state index in [4.69, 9.17) is 5.26 Å². The molecular weight excluding hydrogens is 184 g/mol. The summed E-state index contributed by atoms with van der Waals surface area (Å²) in [7, 11) is 0. The maximum Gasteiger partial charge on any atom is 0.0824 e. The van der Waals surface area contributed by atoms with Crippen LogP contribution in [0.5, 0.6) is 0 Å². The first-order valence-electron chi connectivity index (χ1n) is 5.10. The lowest BCUT2D eigenvalue weighted by atomic mass is 9.95. The molecule has 1 saturated carbocycles. The average molecular weight is 194 g/mol. The summed E-state index contributed by atoms with van der Waals surface area (Å²) in [4.78, 5) is 4.08. The normalized spacial score (nSPS) is 17.3. The Morgan fingerprint density at radius 3 is 2.80 bits per heavy atom. The fraction of sp³-hybridized carbons (Fsp3) is 0.231. The van der Waals surface area contributed by atoms with E-state index in [1.807, 2.05) is 12.3 Å². The van der Waals surface area contributed by atoms with Gasteiger partial charge in [-0.05, 0) is 35.9 Å². The summed E-state index contributed by atoms with van der Waals surface area (Å²) in [6, 6.07) is 10.6. The number of hydrogen-bond acceptors (Lipinski definition) is 2. The minimum atomic E-state index is -0.183. The van der Waals surface area contributed by atoms with Gasteiger partial charge in [0, 0.05) is 17.8 Å². The number of aromatic nitrogens is 1. The Bertz CT molecular complexity index is 562. The van der Waals surface area contributed by atoms with E-state index < -0.39 is 0 Å². The molecule has 0 atom stereocenters. The van der Waals surface area contributed by atoms with E-state index in [0.717, 1.165) is 23.8 Å². The quantitative estimate of drug-likeness (QED) is 0.699. The van der Waals surface area contributed by atoms with Gasteiger partial charge in [0.05, 0.1) is 11.5 Å². The second-order valence-corrected chi connectivity index (χ2v) is 4.13. The highest BCUT2D eigenvalue weighted by Gasteiger charge is 2.44. The Balaban J connectivity index is 2.19. The van der Waals surface area contributed by atoms with E-state index in [9.17, 15) is 0 Å². The third-order valence-corrected chi connectivity index (χ3v) is 3.16. The number of hydrogen-bond donors (Lipinski definition) is 0. The zero-order chi connectivity index (χ0) is 10.3. The van der Waals surface area contributed by atoms with Crippen LogP contribution in [0.4, 0.5) is 0 Å². The number of nitrogens with zero attached hydrogens (tertiary/aromatic N) is 2. The molecule has 0 radical (unpaired) electrons. The minimum absolute atomic E-state index is 0.183. The Labute approximate surface area is 88.2 Å². The molecule has 1 fully saturated rings. The zero-order valence-corrected chi connectivity index (χ0v) is 8.27. The molecule has 1 aromatic carbocycles. The molecule has 2 heteroatoms. The van der Waals surface area contributed by atoms with Crippen molar-refractivity contribution >= 4 is 10.8 Å². The van der Waals surface area contributed by atoms with E-state index >= 15 is 0 Å². The van der Waals surface area contributed by atoms with Crippen molar-refractivity contribution in [2.24, 2.45) is 0 Å². The third-order valence-electron chi connectivity index (χ3n) is 3.16. The van der Waals surface area contributed by atoms with Crippen molar-refractivity contribution < 1.29 is 0 Å². The van der Waals surface area contributed by atoms with Crippen molar-refractivity contribution in [2.75, 3.05) is 0 Å². The van der Waals surface area contributed by atoms with Crippen LogP contribution in [-0.4, -0.2) is 4.98 Å². The smallest absolute Gasteiger partial charge is 0.0824 e. The van der Waals surface area contributed by atoms with Gasteiger partial charge in [-0.1, -0.05) is 12.1 Å². The molecule has 2 nitrogen and oxygen atoms in total. The zero-order valence-electron chi connectivity index (χ0n) is 8.27. The van der Waals surface area contributed by atoms with Gasteiger partial charge in [0.25, 0.3) is 0 Å². The van der Waals surface area contributed by atoms with Crippen LogP contribution in [0.1, 0.15) is 18.4 Å². The summed E-state index contributed by atoms with van der Waals surface area (Å²) < 4.78 is 0. The fourth-order valence-corrected chi connectivity index (χ4v) is 1.97. The van der Waals surface area contributed by atoms with Crippen LogP contribution < -0.4 is 0 Å². The highest BCUT2D eigenvalue weighted by Crippen LogP contribution is 2.47. The highest BCUT2D eigenvalue weighted by molar-refractivity contribution is 5.82. The Morgan fingerprint density at radius 2 is 2.07 bits per heavy atom. The third kappa shape index (κ3) is 1.20. The number of rotatable bonds is 1. The van der Waals surface area contributed by atoms with Crippen molar-refractivity contribution in [1.29, 1.82) is 5.26 Å². The second-order valence-electron chi connectivity index (χ2n) is 4.13. The van der Waals surface area contributed by atoms with Gasteiger partial charge >= 0.3 is 0 Å². The molecule has 0 unspecified atom stereocenters. The summed E-state index contributed by atoms with van der Waals surface area (Å²) in [5, 5.41) is 11.4. The molecule has 0 aliphatic heterocycles. The number of nitriles is 1.